The maximum atomic E-state index is 5.73. The first kappa shape index (κ1) is 7.67. The van der Waals surface area contributed by atoms with E-state index in [9.17, 15) is 0 Å². The van der Waals surface area contributed by atoms with Gasteiger partial charge in [-0.15, -0.1) is 0 Å². The van der Waals surface area contributed by atoms with Gasteiger partial charge in [0, 0.05) is 29.7 Å². The fraction of sp³-hybridized carbons (Fsp3) is 0. The van der Waals surface area contributed by atoms with E-state index in [1.807, 2.05) is 6.07 Å². The molecular weight excluding hydrogens is 164 g/mol. The summed E-state index contributed by atoms with van der Waals surface area (Å²) < 4.78 is 0. The van der Waals surface area contributed by atoms with Crippen LogP contribution in [0.1, 0.15) is 0 Å². The van der Waals surface area contributed by atoms with Gasteiger partial charge in [0.25, 0.3) is 0 Å². The second-order valence-electron chi connectivity index (χ2n) is 2.59. The number of aromatic nitrogens is 3. The van der Waals surface area contributed by atoms with Gasteiger partial charge in [0.15, 0.2) is 0 Å². The Morgan fingerprint density at radius 3 is 2.46 bits per heavy atom. The van der Waals surface area contributed by atoms with E-state index in [-0.39, 0.29) is 0 Å². The van der Waals surface area contributed by atoms with E-state index >= 15 is 0 Å². The average Bonchev–Trinajstić information content (AvgIpc) is 2.20. The van der Waals surface area contributed by atoms with Gasteiger partial charge in [-0.2, -0.15) is 0 Å². The van der Waals surface area contributed by atoms with E-state index in [1.165, 1.54) is 6.33 Å². The molecule has 0 bridgehead atoms. The van der Waals surface area contributed by atoms with Gasteiger partial charge >= 0.3 is 0 Å². The monoisotopic (exact) mass is 172 g/mol. The molecule has 0 spiro atoms. The van der Waals surface area contributed by atoms with E-state index in [2.05, 4.69) is 15.0 Å². The van der Waals surface area contributed by atoms with Gasteiger partial charge in [-0.05, 0) is 6.07 Å². The quantitative estimate of drug-likeness (QED) is 0.700. The Bertz CT molecular complexity index is 399. The average molecular weight is 172 g/mol. The summed E-state index contributed by atoms with van der Waals surface area (Å²) in [7, 11) is 0. The van der Waals surface area contributed by atoms with Gasteiger partial charge in [-0.3, -0.25) is 4.98 Å². The molecule has 64 valence electrons. The summed E-state index contributed by atoms with van der Waals surface area (Å²) in [5.41, 5.74) is 8.19. The third-order valence-electron chi connectivity index (χ3n) is 1.72. The molecule has 0 unspecified atom stereocenters. The molecule has 2 aromatic rings. The normalized spacial score (nSPS) is 9.85. The second kappa shape index (κ2) is 3.18. The lowest BCUT2D eigenvalue weighted by Gasteiger charge is -2.02. The van der Waals surface area contributed by atoms with Crippen molar-refractivity contribution in [3.63, 3.8) is 0 Å². The maximum absolute atomic E-state index is 5.73. The Labute approximate surface area is 75.5 Å². The van der Waals surface area contributed by atoms with Crippen LogP contribution in [0.25, 0.3) is 11.1 Å². The number of nitrogen functional groups attached to an aromatic ring is 1. The molecule has 0 aromatic carbocycles. The molecule has 0 aliphatic heterocycles. The molecule has 4 nitrogen and oxygen atoms in total. The number of hydrogen-bond acceptors (Lipinski definition) is 4. The van der Waals surface area contributed by atoms with Gasteiger partial charge in [-0.1, -0.05) is 0 Å². The molecule has 0 saturated heterocycles. The van der Waals surface area contributed by atoms with Crippen LogP contribution in [0.15, 0.2) is 37.2 Å². The third kappa shape index (κ3) is 1.46. The molecule has 2 rings (SSSR count). The minimum absolute atomic E-state index is 0.636. The first-order chi connectivity index (χ1) is 6.38. The zero-order valence-electron chi connectivity index (χ0n) is 6.88. The van der Waals surface area contributed by atoms with Gasteiger partial charge < -0.3 is 5.73 Å². The van der Waals surface area contributed by atoms with Crippen LogP contribution in [0.2, 0.25) is 0 Å². The summed E-state index contributed by atoms with van der Waals surface area (Å²) in [4.78, 5) is 11.7. The Kier molecular flexibility index (Phi) is 1.88. The van der Waals surface area contributed by atoms with Gasteiger partial charge in [0.1, 0.15) is 6.33 Å². The van der Waals surface area contributed by atoms with Crippen molar-refractivity contribution in [1.29, 1.82) is 0 Å². The minimum Gasteiger partial charge on any atom is -0.397 e. The number of nitrogens with two attached hydrogens (primary N) is 1. The Morgan fingerprint density at radius 1 is 1.00 bits per heavy atom. The van der Waals surface area contributed by atoms with Crippen LogP contribution in [0.4, 0.5) is 5.69 Å². The molecule has 0 fully saturated rings. The summed E-state index contributed by atoms with van der Waals surface area (Å²) in [6, 6.07) is 1.84. The zero-order valence-corrected chi connectivity index (χ0v) is 6.88. The van der Waals surface area contributed by atoms with Crippen molar-refractivity contribution in [3.8, 4) is 11.1 Å². The minimum atomic E-state index is 0.636. The van der Waals surface area contributed by atoms with Crippen molar-refractivity contribution < 1.29 is 0 Å². The van der Waals surface area contributed by atoms with Crippen LogP contribution in [-0.4, -0.2) is 15.0 Å². The fourth-order valence-corrected chi connectivity index (χ4v) is 1.11. The second-order valence-corrected chi connectivity index (χ2v) is 2.59. The molecule has 2 aromatic heterocycles. The standard InChI is InChI=1S/C9H8N4/c10-9-5-11-2-1-8(9)7-3-12-6-13-4-7/h1-6H,10H2. The van der Waals surface area contributed by atoms with Gasteiger partial charge in [0.2, 0.25) is 0 Å². The van der Waals surface area contributed by atoms with Crippen molar-refractivity contribution >= 4 is 5.69 Å². The molecule has 4 heteroatoms. The van der Waals surface area contributed by atoms with Crippen molar-refractivity contribution in [1.82, 2.24) is 15.0 Å². The Balaban J connectivity index is 2.54. The Morgan fingerprint density at radius 2 is 1.77 bits per heavy atom. The molecule has 0 atom stereocenters. The lowest BCUT2D eigenvalue weighted by Crippen LogP contribution is -1.91. The number of rotatable bonds is 1. The smallest absolute Gasteiger partial charge is 0.115 e. The van der Waals surface area contributed by atoms with Gasteiger partial charge in [0.05, 0.1) is 11.9 Å². The summed E-state index contributed by atoms with van der Waals surface area (Å²) in [6.45, 7) is 0. The highest BCUT2D eigenvalue weighted by Crippen LogP contribution is 2.22. The van der Waals surface area contributed by atoms with Crippen LogP contribution in [0, 0.1) is 0 Å². The molecule has 0 aliphatic carbocycles. The van der Waals surface area contributed by atoms with Crippen LogP contribution < -0.4 is 5.73 Å². The molecule has 0 aliphatic rings. The number of anilines is 1. The third-order valence-corrected chi connectivity index (χ3v) is 1.72. The van der Waals surface area contributed by atoms with Crippen molar-refractivity contribution in [3.05, 3.63) is 37.2 Å². The van der Waals surface area contributed by atoms with E-state index in [0.717, 1.165) is 11.1 Å². The Hall–Kier alpha value is -1.97. The van der Waals surface area contributed by atoms with E-state index in [0.29, 0.717) is 5.69 Å². The van der Waals surface area contributed by atoms with E-state index in [1.54, 1.807) is 24.8 Å². The number of pyridine rings is 1. The fourth-order valence-electron chi connectivity index (χ4n) is 1.11. The lowest BCUT2D eigenvalue weighted by atomic mass is 10.1. The first-order valence-corrected chi connectivity index (χ1v) is 3.83. The van der Waals surface area contributed by atoms with Crippen molar-refractivity contribution in [2.24, 2.45) is 0 Å². The molecule has 2 heterocycles. The summed E-state index contributed by atoms with van der Waals surface area (Å²) in [5, 5.41) is 0. The number of nitrogens with zero attached hydrogens (tertiary/aromatic N) is 3. The van der Waals surface area contributed by atoms with Crippen LogP contribution >= 0.6 is 0 Å². The van der Waals surface area contributed by atoms with Gasteiger partial charge in [-0.25, -0.2) is 9.97 Å². The van der Waals surface area contributed by atoms with Crippen LogP contribution in [0.3, 0.4) is 0 Å². The highest BCUT2D eigenvalue weighted by atomic mass is 14.8. The topological polar surface area (TPSA) is 64.7 Å². The predicted molar refractivity (Wildman–Crippen MR) is 49.7 cm³/mol. The van der Waals surface area contributed by atoms with E-state index < -0.39 is 0 Å². The predicted octanol–water partition coefficient (Wildman–Crippen LogP) is 1.12. The van der Waals surface area contributed by atoms with E-state index in [4.69, 9.17) is 5.73 Å². The molecule has 2 N–H and O–H groups in total. The summed E-state index contributed by atoms with van der Waals surface area (Å²) in [6.07, 6.45) is 8.24. The van der Waals surface area contributed by atoms with Crippen molar-refractivity contribution in [2.45, 2.75) is 0 Å². The highest BCUT2D eigenvalue weighted by Gasteiger charge is 2.00. The first-order valence-electron chi connectivity index (χ1n) is 3.83. The maximum Gasteiger partial charge on any atom is 0.115 e. The molecule has 0 amide bonds. The lowest BCUT2D eigenvalue weighted by molar-refractivity contribution is 1.17. The van der Waals surface area contributed by atoms with Crippen LogP contribution in [-0.2, 0) is 0 Å². The SMILES string of the molecule is Nc1cnccc1-c1cncnc1. The highest BCUT2D eigenvalue weighted by molar-refractivity contribution is 5.73. The molecule has 0 saturated carbocycles. The van der Waals surface area contributed by atoms with Crippen LogP contribution in [0.5, 0.6) is 0 Å². The largest absolute Gasteiger partial charge is 0.397 e. The molecular formula is C9H8N4. The summed E-state index contributed by atoms with van der Waals surface area (Å²) in [5.74, 6) is 0. The number of hydrogen-bond donors (Lipinski definition) is 1. The van der Waals surface area contributed by atoms with Crippen molar-refractivity contribution in [2.75, 3.05) is 5.73 Å². The zero-order chi connectivity index (χ0) is 9.10. The summed E-state index contributed by atoms with van der Waals surface area (Å²) >= 11 is 0. The molecule has 0 radical (unpaired) electrons. The molecule has 13 heavy (non-hydrogen) atoms.